The fraction of sp³-hybridized carbons (Fsp3) is 0.417. The van der Waals surface area contributed by atoms with Crippen molar-refractivity contribution in [3.05, 3.63) is 29.6 Å². The summed E-state index contributed by atoms with van der Waals surface area (Å²) in [5.41, 5.74) is -0.174. The van der Waals surface area contributed by atoms with E-state index in [0.29, 0.717) is 5.92 Å². The summed E-state index contributed by atoms with van der Waals surface area (Å²) in [4.78, 5) is 11.5. The van der Waals surface area contributed by atoms with Crippen molar-refractivity contribution < 1.29 is 17.6 Å². The number of primary sulfonamides is 1. The Bertz CT molecular complexity index is 609. The van der Waals surface area contributed by atoms with Gasteiger partial charge in [-0.3, -0.25) is 4.79 Å². The molecule has 19 heavy (non-hydrogen) atoms. The summed E-state index contributed by atoms with van der Waals surface area (Å²) >= 11 is 0. The molecule has 1 amide bonds. The molecule has 2 rings (SSSR count). The summed E-state index contributed by atoms with van der Waals surface area (Å²) in [5.74, 6) is -0.855. The molecular formula is C12H15FN2O3S. The molecule has 0 unspecified atom stereocenters. The third-order valence-electron chi connectivity index (χ3n) is 3.22. The van der Waals surface area contributed by atoms with Crippen LogP contribution in [0.1, 0.15) is 30.1 Å². The molecule has 1 aliphatic carbocycles. The first-order valence-corrected chi connectivity index (χ1v) is 7.45. The Morgan fingerprint density at radius 2 is 2.05 bits per heavy atom. The van der Waals surface area contributed by atoms with E-state index in [1.165, 1.54) is 0 Å². The number of hydrogen-bond donors (Lipinski definition) is 2. The molecule has 5 nitrogen and oxygen atoms in total. The Kier molecular flexibility index (Phi) is 3.60. The zero-order valence-corrected chi connectivity index (χ0v) is 11.2. The van der Waals surface area contributed by atoms with Crippen LogP contribution in [-0.4, -0.2) is 20.4 Å². The number of amides is 1. The Balaban J connectivity index is 2.14. The molecule has 104 valence electrons. The molecule has 0 spiro atoms. The van der Waals surface area contributed by atoms with Crippen LogP contribution in [0.15, 0.2) is 23.1 Å². The number of hydrogen-bond acceptors (Lipinski definition) is 3. The molecule has 1 aliphatic rings. The lowest BCUT2D eigenvalue weighted by Gasteiger charge is -2.33. The number of carbonyl (C=O) groups is 1. The van der Waals surface area contributed by atoms with Crippen LogP contribution in [0.3, 0.4) is 0 Å². The standard InChI is InChI=1S/C12H15FN2O3S/c1-7-4-8(5-7)15-12(16)10-3-2-9(6-11(10)13)19(14,17)18/h2-3,6-8H,4-5H2,1H3,(H,15,16)(H2,14,17,18). The lowest BCUT2D eigenvalue weighted by atomic mass is 9.82. The molecule has 0 bridgehead atoms. The lowest BCUT2D eigenvalue weighted by Crippen LogP contribution is -2.43. The van der Waals surface area contributed by atoms with Crippen LogP contribution < -0.4 is 10.5 Å². The first-order chi connectivity index (χ1) is 8.77. The zero-order chi connectivity index (χ0) is 14.2. The molecule has 0 saturated heterocycles. The van der Waals surface area contributed by atoms with Gasteiger partial charge in [0.1, 0.15) is 5.82 Å². The SMILES string of the molecule is CC1CC(NC(=O)c2ccc(S(N)(=O)=O)cc2F)C1. The summed E-state index contributed by atoms with van der Waals surface area (Å²) in [7, 11) is -3.96. The number of carbonyl (C=O) groups excluding carboxylic acids is 1. The molecule has 0 aliphatic heterocycles. The highest BCUT2D eigenvalue weighted by Crippen LogP contribution is 2.26. The van der Waals surface area contributed by atoms with Crippen molar-refractivity contribution in [2.24, 2.45) is 11.1 Å². The van der Waals surface area contributed by atoms with Gasteiger partial charge in [0, 0.05) is 6.04 Å². The van der Waals surface area contributed by atoms with E-state index in [9.17, 15) is 17.6 Å². The predicted molar refractivity (Wildman–Crippen MR) is 67.4 cm³/mol. The molecule has 1 aromatic carbocycles. The number of sulfonamides is 1. The first kappa shape index (κ1) is 14.0. The van der Waals surface area contributed by atoms with Gasteiger partial charge in [-0.1, -0.05) is 6.92 Å². The Morgan fingerprint density at radius 3 is 2.53 bits per heavy atom. The molecule has 0 atom stereocenters. The second-order valence-corrected chi connectivity index (χ2v) is 6.50. The van der Waals surface area contributed by atoms with Gasteiger partial charge in [0.15, 0.2) is 0 Å². The number of halogens is 1. The van der Waals surface area contributed by atoms with Gasteiger partial charge in [-0.05, 0) is 37.0 Å². The largest absolute Gasteiger partial charge is 0.349 e. The zero-order valence-electron chi connectivity index (χ0n) is 10.4. The van der Waals surface area contributed by atoms with Crippen LogP contribution in [0.5, 0.6) is 0 Å². The number of nitrogens with two attached hydrogens (primary N) is 1. The van der Waals surface area contributed by atoms with Crippen LogP contribution in [-0.2, 0) is 10.0 Å². The number of rotatable bonds is 3. The quantitative estimate of drug-likeness (QED) is 0.868. The third-order valence-corrected chi connectivity index (χ3v) is 4.13. The summed E-state index contributed by atoms with van der Waals surface area (Å²) in [5, 5.41) is 7.59. The highest BCUT2D eigenvalue weighted by Gasteiger charge is 2.27. The maximum atomic E-state index is 13.7. The van der Waals surface area contributed by atoms with E-state index in [2.05, 4.69) is 12.2 Å². The third kappa shape index (κ3) is 3.10. The number of nitrogens with one attached hydrogen (secondary N) is 1. The summed E-state index contributed by atoms with van der Waals surface area (Å²) < 4.78 is 35.8. The minimum atomic E-state index is -3.96. The summed E-state index contributed by atoms with van der Waals surface area (Å²) in [6, 6.07) is 3.08. The Morgan fingerprint density at radius 1 is 1.42 bits per heavy atom. The van der Waals surface area contributed by atoms with Crippen molar-refractivity contribution in [2.45, 2.75) is 30.7 Å². The van der Waals surface area contributed by atoms with Crippen LogP contribution in [0.25, 0.3) is 0 Å². The van der Waals surface area contributed by atoms with E-state index >= 15 is 0 Å². The van der Waals surface area contributed by atoms with Crippen molar-refractivity contribution in [1.29, 1.82) is 0 Å². The average molecular weight is 286 g/mol. The van der Waals surface area contributed by atoms with E-state index in [1.807, 2.05) is 0 Å². The van der Waals surface area contributed by atoms with Crippen molar-refractivity contribution >= 4 is 15.9 Å². The van der Waals surface area contributed by atoms with E-state index < -0.39 is 21.7 Å². The van der Waals surface area contributed by atoms with Gasteiger partial charge in [0.2, 0.25) is 10.0 Å². The lowest BCUT2D eigenvalue weighted by molar-refractivity contribution is 0.0892. The summed E-state index contributed by atoms with van der Waals surface area (Å²) in [6.45, 7) is 2.07. The van der Waals surface area contributed by atoms with Gasteiger partial charge in [-0.2, -0.15) is 0 Å². The van der Waals surface area contributed by atoms with Crippen molar-refractivity contribution in [1.82, 2.24) is 5.32 Å². The van der Waals surface area contributed by atoms with Crippen LogP contribution in [0.4, 0.5) is 4.39 Å². The normalized spacial score (nSPS) is 22.7. The first-order valence-electron chi connectivity index (χ1n) is 5.90. The van der Waals surface area contributed by atoms with Gasteiger partial charge in [0.25, 0.3) is 5.91 Å². The van der Waals surface area contributed by atoms with Crippen molar-refractivity contribution in [3.8, 4) is 0 Å². The second-order valence-electron chi connectivity index (χ2n) is 4.93. The van der Waals surface area contributed by atoms with E-state index in [4.69, 9.17) is 5.14 Å². The highest BCUT2D eigenvalue weighted by molar-refractivity contribution is 7.89. The summed E-state index contributed by atoms with van der Waals surface area (Å²) in [6.07, 6.45) is 1.76. The van der Waals surface area contributed by atoms with Crippen LogP contribution >= 0.6 is 0 Å². The molecule has 3 N–H and O–H groups in total. The molecule has 1 saturated carbocycles. The minimum absolute atomic E-state index is 0.0693. The monoisotopic (exact) mass is 286 g/mol. The van der Waals surface area contributed by atoms with Gasteiger partial charge in [-0.25, -0.2) is 17.9 Å². The van der Waals surface area contributed by atoms with Gasteiger partial charge >= 0.3 is 0 Å². The maximum Gasteiger partial charge on any atom is 0.254 e. The van der Waals surface area contributed by atoms with E-state index in [0.717, 1.165) is 31.0 Å². The molecule has 0 aromatic heterocycles. The number of benzene rings is 1. The molecule has 0 heterocycles. The van der Waals surface area contributed by atoms with Crippen LogP contribution in [0.2, 0.25) is 0 Å². The molecule has 1 fully saturated rings. The molecule has 0 radical (unpaired) electrons. The topological polar surface area (TPSA) is 89.3 Å². The van der Waals surface area contributed by atoms with Crippen molar-refractivity contribution in [2.75, 3.05) is 0 Å². The van der Waals surface area contributed by atoms with E-state index in [-0.39, 0.29) is 16.5 Å². The molecular weight excluding hydrogens is 271 g/mol. The van der Waals surface area contributed by atoms with Gasteiger partial charge in [0.05, 0.1) is 10.5 Å². The fourth-order valence-electron chi connectivity index (χ4n) is 2.14. The highest BCUT2D eigenvalue weighted by atomic mass is 32.2. The molecule has 1 aromatic rings. The predicted octanol–water partition coefficient (Wildman–Crippen LogP) is 1.00. The maximum absolute atomic E-state index is 13.7. The van der Waals surface area contributed by atoms with Crippen molar-refractivity contribution in [3.63, 3.8) is 0 Å². The molecule has 7 heteroatoms. The Hall–Kier alpha value is -1.47. The van der Waals surface area contributed by atoms with Crippen LogP contribution in [0, 0.1) is 11.7 Å². The minimum Gasteiger partial charge on any atom is -0.349 e. The average Bonchev–Trinajstić information content (AvgIpc) is 2.25. The fourth-order valence-corrected chi connectivity index (χ4v) is 2.67. The van der Waals surface area contributed by atoms with Gasteiger partial charge < -0.3 is 5.32 Å². The smallest absolute Gasteiger partial charge is 0.254 e. The second kappa shape index (κ2) is 4.90. The van der Waals surface area contributed by atoms with Gasteiger partial charge in [-0.15, -0.1) is 0 Å². The Labute approximate surface area is 111 Å². The van der Waals surface area contributed by atoms with E-state index in [1.54, 1.807) is 0 Å².